The second kappa shape index (κ2) is 7.98. The van der Waals surface area contributed by atoms with E-state index in [1.165, 1.54) is 4.68 Å². The molecule has 13 heteroatoms. The molecule has 0 amide bonds. The fraction of sp³-hybridized carbons (Fsp3) is 0.333. The minimum Gasteiger partial charge on any atom is -0.310 e. The Morgan fingerprint density at radius 1 is 1.15 bits per heavy atom. The number of nitriles is 1. The van der Waals surface area contributed by atoms with Crippen molar-refractivity contribution in [2.45, 2.75) is 43.8 Å². The van der Waals surface area contributed by atoms with E-state index >= 15 is 0 Å². The summed E-state index contributed by atoms with van der Waals surface area (Å²) >= 11 is 0. The summed E-state index contributed by atoms with van der Waals surface area (Å²) in [5, 5.41) is 13.7. The second-order valence-corrected chi connectivity index (χ2v) is 7.95. The predicted octanol–water partition coefficient (Wildman–Crippen LogP) is 2.86. The molecular formula is C21H16F3N9O. The van der Waals surface area contributed by atoms with Crippen LogP contribution in [0.1, 0.15) is 66.4 Å². The molecule has 0 saturated heterocycles. The van der Waals surface area contributed by atoms with Crippen molar-refractivity contribution in [3.8, 4) is 6.07 Å². The third kappa shape index (κ3) is 3.57. The lowest BCUT2D eigenvalue weighted by molar-refractivity contribution is -0.141. The highest BCUT2D eigenvalue weighted by atomic mass is 19.4. The molecule has 4 aromatic heterocycles. The minimum absolute atomic E-state index is 0.00445. The third-order valence-corrected chi connectivity index (χ3v) is 5.99. The molecule has 1 aliphatic rings. The molecule has 1 aliphatic carbocycles. The number of nitrogens with zero attached hydrogens (tertiary/aromatic N) is 8. The van der Waals surface area contributed by atoms with Gasteiger partial charge >= 0.3 is 6.18 Å². The first-order valence-electron chi connectivity index (χ1n) is 10.4. The van der Waals surface area contributed by atoms with E-state index in [9.17, 15) is 23.2 Å². The van der Waals surface area contributed by atoms with Crippen LogP contribution in [0.4, 0.5) is 13.2 Å². The zero-order valence-electron chi connectivity index (χ0n) is 17.7. The van der Waals surface area contributed by atoms with E-state index < -0.39 is 23.5 Å². The van der Waals surface area contributed by atoms with Crippen LogP contribution in [-0.2, 0) is 6.18 Å². The van der Waals surface area contributed by atoms with E-state index in [4.69, 9.17) is 0 Å². The van der Waals surface area contributed by atoms with Crippen molar-refractivity contribution in [1.29, 1.82) is 5.26 Å². The Balaban J connectivity index is 1.57. The molecular weight excluding hydrogens is 451 g/mol. The van der Waals surface area contributed by atoms with Gasteiger partial charge in [0.2, 0.25) is 0 Å². The van der Waals surface area contributed by atoms with Crippen LogP contribution in [0.25, 0.3) is 11.0 Å². The Kier molecular flexibility index (Phi) is 5.07. The molecule has 172 valence electrons. The number of rotatable bonds is 4. The number of fused-ring (bicyclic) bond motifs is 1. The molecule has 4 aromatic rings. The summed E-state index contributed by atoms with van der Waals surface area (Å²) in [7, 11) is 0. The maximum Gasteiger partial charge on any atom is 0.434 e. The van der Waals surface area contributed by atoms with Crippen LogP contribution in [0.3, 0.4) is 0 Å². The van der Waals surface area contributed by atoms with Gasteiger partial charge in [0.1, 0.15) is 23.1 Å². The molecule has 10 nitrogen and oxygen atoms in total. The lowest BCUT2D eigenvalue weighted by Crippen LogP contribution is -2.28. The van der Waals surface area contributed by atoms with Crippen LogP contribution >= 0.6 is 0 Å². The Morgan fingerprint density at radius 2 is 1.88 bits per heavy atom. The van der Waals surface area contributed by atoms with E-state index in [0.29, 0.717) is 17.8 Å². The molecule has 34 heavy (non-hydrogen) atoms. The van der Waals surface area contributed by atoms with Gasteiger partial charge in [-0.05, 0) is 25.8 Å². The second-order valence-electron chi connectivity index (χ2n) is 7.95. The Bertz CT molecular complexity index is 1460. The van der Waals surface area contributed by atoms with Crippen LogP contribution in [0.2, 0.25) is 0 Å². The summed E-state index contributed by atoms with van der Waals surface area (Å²) in [4.78, 5) is 36.2. The van der Waals surface area contributed by atoms with E-state index in [2.05, 4.69) is 35.0 Å². The molecule has 0 aliphatic heterocycles. The fourth-order valence-corrected chi connectivity index (χ4v) is 4.05. The largest absolute Gasteiger partial charge is 0.434 e. The third-order valence-electron chi connectivity index (χ3n) is 5.99. The van der Waals surface area contributed by atoms with Crippen molar-refractivity contribution in [3.05, 3.63) is 69.9 Å². The molecule has 3 atom stereocenters. The van der Waals surface area contributed by atoms with Crippen LogP contribution < -0.4 is 5.56 Å². The van der Waals surface area contributed by atoms with Crippen molar-refractivity contribution in [3.63, 3.8) is 0 Å². The van der Waals surface area contributed by atoms with Crippen molar-refractivity contribution in [2.75, 3.05) is 0 Å². The van der Waals surface area contributed by atoms with Crippen molar-refractivity contribution < 1.29 is 13.2 Å². The number of hydrogen-bond acceptors (Lipinski definition) is 8. The zero-order chi connectivity index (χ0) is 24.0. The highest BCUT2D eigenvalue weighted by molar-refractivity contribution is 5.80. The number of hydrogen-bond donors (Lipinski definition) is 1. The number of nitrogens with one attached hydrogen (secondary N) is 1. The van der Waals surface area contributed by atoms with Gasteiger partial charge in [-0.2, -0.15) is 23.5 Å². The van der Waals surface area contributed by atoms with Gasteiger partial charge in [-0.25, -0.2) is 24.6 Å². The zero-order valence-corrected chi connectivity index (χ0v) is 17.7. The summed E-state index contributed by atoms with van der Waals surface area (Å²) < 4.78 is 39.9. The molecule has 1 saturated carbocycles. The topological polar surface area (TPSA) is 139 Å². The number of aromatic amines is 1. The number of H-pyrrole nitrogens is 1. The molecule has 3 unspecified atom stereocenters. The van der Waals surface area contributed by atoms with Crippen molar-refractivity contribution in [2.24, 2.45) is 0 Å². The highest BCUT2D eigenvalue weighted by Gasteiger charge is 2.38. The van der Waals surface area contributed by atoms with Crippen LogP contribution in [0.15, 0.2) is 35.6 Å². The van der Waals surface area contributed by atoms with E-state index in [-0.39, 0.29) is 34.3 Å². The van der Waals surface area contributed by atoms with Gasteiger partial charge in [0.05, 0.1) is 24.1 Å². The fourth-order valence-electron chi connectivity index (χ4n) is 4.05. The smallest absolute Gasteiger partial charge is 0.310 e. The molecule has 0 radical (unpaired) electrons. The van der Waals surface area contributed by atoms with Gasteiger partial charge in [0.15, 0.2) is 17.0 Å². The van der Waals surface area contributed by atoms with E-state index in [1.54, 1.807) is 25.4 Å². The maximum atomic E-state index is 12.9. The average molecular weight is 467 g/mol. The van der Waals surface area contributed by atoms with Crippen LogP contribution in [0.5, 0.6) is 0 Å². The van der Waals surface area contributed by atoms with Gasteiger partial charge in [0, 0.05) is 24.2 Å². The number of halogens is 3. The Hall–Kier alpha value is -4.21. The van der Waals surface area contributed by atoms with Gasteiger partial charge in [-0.15, -0.1) is 0 Å². The Morgan fingerprint density at radius 3 is 2.47 bits per heavy atom. The molecule has 0 bridgehead atoms. The lowest BCUT2D eigenvalue weighted by Gasteiger charge is -2.34. The average Bonchev–Trinajstić information content (AvgIpc) is 3.17. The summed E-state index contributed by atoms with van der Waals surface area (Å²) in [6, 6.07) is 2.86. The van der Waals surface area contributed by atoms with E-state index in [1.807, 2.05) is 6.07 Å². The minimum atomic E-state index is -4.62. The standard InChI is InChI=1S/C21H16F3N9O/c1-10(14-8-29-15(9-28-14)21(22,23)24)33-19-16(13(7-25)32-33)20(34)31-18(30-19)12-4-3-11(12)17-26-5-2-6-27-17/h2,5-6,8-12H,3-4H2,1H3,(H,30,31,34). The predicted molar refractivity (Wildman–Crippen MR) is 110 cm³/mol. The van der Waals surface area contributed by atoms with Crippen molar-refractivity contribution >= 4 is 11.0 Å². The Labute approximate surface area is 189 Å². The summed E-state index contributed by atoms with van der Waals surface area (Å²) in [6.45, 7) is 1.62. The van der Waals surface area contributed by atoms with Gasteiger partial charge in [0.25, 0.3) is 5.56 Å². The summed E-state index contributed by atoms with van der Waals surface area (Å²) in [6.07, 6.45) is 1.90. The first kappa shape index (κ1) is 21.6. The lowest BCUT2D eigenvalue weighted by atomic mass is 9.72. The number of aromatic nitrogens is 8. The van der Waals surface area contributed by atoms with Gasteiger partial charge in [-0.1, -0.05) is 0 Å². The summed E-state index contributed by atoms with van der Waals surface area (Å²) in [5.41, 5.74) is -1.47. The molecule has 5 rings (SSSR count). The van der Waals surface area contributed by atoms with Gasteiger partial charge in [-0.3, -0.25) is 9.78 Å². The maximum absolute atomic E-state index is 12.9. The molecule has 1 fully saturated rings. The van der Waals surface area contributed by atoms with E-state index in [0.717, 1.165) is 19.0 Å². The summed E-state index contributed by atoms with van der Waals surface area (Å²) in [5.74, 6) is 0.917. The number of alkyl halides is 3. The molecule has 4 heterocycles. The normalized spacial score (nSPS) is 18.9. The SMILES string of the molecule is CC(c1cnc(C(F)(F)F)cn1)n1nc(C#N)c2c(=O)[nH]c(C3CCC3c3ncccn3)nc21. The van der Waals surface area contributed by atoms with Crippen LogP contribution in [0, 0.1) is 11.3 Å². The molecule has 1 N–H and O–H groups in total. The van der Waals surface area contributed by atoms with Crippen LogP contribution in [-0.4, -0.2) is 39.7 Å². The molecule has 0 spiro atoms. The molecule has 0 aromatic carbocycles. The first-order valence-corrected chi connectivity index (χ1v) is 10.4. The quantitative estimate of drug-likeness (QED) is 0.483. The monoisotopic (exact) mass is 467 g/mol. The van der Waals surface area contributed by atoms with Gasteiger partial charge < -0.3 is 4.98 Å². The van der Waals surface area contributed by atoms with Crippen molar-refractivity contribution in [1.82, 2.24) is 39.7 Å². The first-order chi connectivity index (χ1) is 16.3. The highest BCUT2D eigenvalue weighted by Crippen LogP contribution is 2.46.